The van der Waals surface area contributed by atoms with Crippen LogP contribution < -0.4 is 0 Å². The number of esters is 2. The van der Waals surface area contributed by atoms with Crippen LogP contribution in [0.4, 0.5) is 5.69 Å². The molecule has 23 heavy (non-hydrogen) atoms. The fourth-order valence-electron chi connectivity index (χ4n) is 1.99. The number of carbonyl (C=O) groups is 2. The van der Waals surface area contributed by atoms with Gasteiger partial charge in [-0.1, -0.05) is 18.2 Å². The molecule has 1 heterocycles. The Bertz CT molecular complexity index is 768. The Balaban J connectivity index is 2.46. The van der Waals surface area contributed by atoms with Gasteiger partial charge in [0.15, 0.2) is 5.69 Å². The number of benzene rings is 1. The number of aromatic nitrogens is 2. The predicted molar refractivity (Wildman–Crippen MR) is 77.1 cm³/mol. The van der Waals surface area contributed by atoms with Crippen molar-refractivity contribution in [1.29, 1.82) is 0 Å². The number of carbonyl (C=O) groups excluding carboxylic acids is 2. The van der Waals surface area contributed by atoms with Gasteiger partial charge in [0.05, 0.1) is 31.3 Å². The summed E-state index contributed by atoms with van der Waals surface area (Å²) in [4.78, 5) is 33.9. The van der Waals surface area contributed by atoms with Crippen LogP contribution in [0.1, 0.15) is 26.5 Å². The number of hydrogen-bond donors (Lipinski definition) is 0. The Morgan fingerprint density at radius 2 is 1.87 bits per heavy atom. The Kier molecular flexibility index (Phi) is 4.69. The number of ether oxygens (including phenoxy) is 2. The summed E-state index contributed by atoms with van der Waals surface area (Å²) in [6.45, 7) is -0.0709. The maximum atomic E-state index is 11.8. The number of nitro benzene ring substituents is 1. The maximum absolute atomic E-state index is 11.8. The first-order valence-corrected chi connectivity index (χ1v) is 6.44. The lowest BCUT2D eigenvalue weighted by Gasteiger charge is -2.06. The minimum atomic E-state index is -0.725. The zero-order valence-electron chi connectivity index (χ0n) is 12.4. The molecule has 0 aliphatic rings. The van der Waals surface area contributed by atoms with Gasteiger partial charge in [-0.25, -0.2) is 9.59 Å². The standard InChI is InChI=1S/C14H13N3O6/c1-22-13(18)10-7-12(14(19)23-2)16(15-10)8-9-5-3-4-6-11(9)17(20)21/h3-7H,8H2,1-2H3. The first-order valence-electron chi connectivity index (χ1n) is 6.44. The zero-order valence-corrected chi connectivity index (χ0v) is 12.4. The van der Waals surface area contributed by atoms with E-state index in [0.29, 0.717) is 5.56 Å². The molecule has 2 rings (SSSR count). The van der Waals surface area contributed by atoms with Crippen LogP contribution in [0.2, 0.25) is 0 Å². The number of nitrogens with zero attached hydrogens (tertiary/aromatic N) is 3. The van der Waals surface area contributed by atoms with Crippen molar-refractivity contribution >= 4 is 17.6 Å². The van der Waals surface area contributed by atoms with Crippen LogP contribution in [0.15, 0.2) is 30.3 Å². The molecule has 0 saturated carbocycles. The number of hydrogen-bond acceptors (Lipinski definition) is 7. The Morgan fingerprint density at radius 1 is 1.22 bits per heavy atom. The lowest BCUT2D eigenvalue weighted by Crippen LogP contribution is -2.13. The summed E-state index contributed by atoms with van der Waals surface area (Å²) in [5.74, 6) is -1.44. The molecule has 1 aromatic heterocycles. The third kappa shape index (κ3) is 3.34. The monoisotopic (exact) mass is 319 g/mol. The third-order valence-corrected chi connectivity index (χ3v) is 3.08. The summed E-state index contributed by atoms with van der Waals surface area (Å²) in [5, 5.41) is 15.0. The highest BCUT2D eigenvalue weighted by Crippen LogP contribution is 2.20. The highest BCUT2D eigenvalue weighted by molar-refractivity contribution is 5.93. The quantitative estimate of drug-likeness (QED) is 0.465. The molecule has 0 spiro atoms. The third-order valence-electron chi connectivity index (χ3n) is 3.08. The largest absolute Gasteiger partial charge is 0.464 e. The lowest BCUT2D eigenvalue weighted by molar-refractivity contribution is -0.385. The first-order chi connectivity index (χ1) is 11.0. The van der Waals surface area contributed by atoms with E-state index in [0.717, 1.165) is 0 Å². The molecule has 0 aliphatic heterocycles. The molecule has 0 aliphatic carbocycles. The molecular formula is C14H13N3O6. The van der Waals surface area contributed by atoms with Crippen LogP contribution in [0.25, 0.3) is 0 Å². The summed E-state index contributed by atoms with van der Waals surface area (Å²) in [6, 6.07) is 7.26. The molecule has 0 atom stereocenters. The molecule has 9 nitrogen and oxygen atoms in total. The summed E-state index contributed by atoms with van der Waals surface area (Å²) >= 11 is 0. The van der Waals surface area contributed by atoms with Crippen LogP contribution in [-0.4, -0.2) is 40.9 Å². The maximum Gasteiger partial charge on any atom is 0.358 e. The van der Waals surface area contributed by atoms with Crippen molar-refractivity contribution in [1.82, 2.24) is 9.78 Å². The highest BCUT2D eigenvalue weighted by atomic mass is 16.6. The van der Waals surface area contributed by atoms with Gasteiger partial charge in [-0.15, -0.1) is 0 Å². The summed E-state index contributed by atoms with van der Waals surface area (Å²) in [5.41, 5.74) is 0.123. The Labute approximate surface area is 130 Å². The van der Waals surface area contributed by atoms with E-state index in [9.17, 15) is 19.7 Å². The van der Waals surface area contributed by atoms with E-state index in [1.807, 2.05) is 0 Å². The van der Waals surface area contributed by atoms with Gasteiger partial charge < -0.3 is 9.47 Å². The SMILES string of the molecule is COC(=O)c1cc(C(=O)OC)n(Cc2ccccc2[N+](=O)[O-])n1. The van der Waals surface area contributed by atoms with Gasteiger partial charge in [-0.2, -0.15) is 5.10 Å². The number of rotatable bonds is 5. The Hall–Kier alpha value is -3.23. The van der Waals surface area contributed by atoms with Crippen molar-refractivity contribution in [3.8, 4) is 0 Å². The lowest BCUT2D eigenvalue weighted by atomic mass is 10.2. The fraction of sp³-hybridized carbons (Fsp3) is 0.214. The van der Waals surface area contributed by atoms with Crippen molar-refractivity contribution < 1.29 is 24.0 Å². The van der Waals surface area contributed by atoms with Crippen LogP contribution in [0, 0.1) is 10.1 Å². The van der Waals surface area contributed by atoms with E-state index >= 15 is 0 Å². The highest BCUT2D eigenvalue weighted by Gasteiger charge is 2.22. The molecule has 9 heteroatoms. The number of nitro groups is 1. The van der Waals surface area contributed by atoms with Gasteiger partial charge in [0.1, 0.15) is 5.69 Å². The van der Waals surface area contributed by atoms with Gasteiger partial charge in [-0.3, -0.25) is 14.8 Å². The van der Waals surface area contributed by atoms with Crippen LogP contribution in [0.5, 0.6) is 0 Å². The average molecular weight is 319 g/mol. The molecule has 120 valence electrons. The normalized spacial score (nSPS) is 10.2. The van der Waals surface area contributed by atoms with Crippen LogP contribution in [-0.2, 0) is 16.0 Å². The second kappa shape index (κ2) is 6.69. The molecule has 0 N–H and O–H groups in total. The smallest absolute Gasteiger partial charge is 0.358 e. The number of para-hydroxylation sites is 1. The van der Waals surface area contributed by atoms with Crippen molar-refractivity contribution in [2.45, 2.75) is 6.54 Å². The molecule has 1 aromatic carbocycles. The van der Waals surface area contributed by atoms with Gasteiger partial charge in [0, 0.05) is 12.1 Å². The molecule has 0 saturated heterocycles. The molecule has 2 aromatic rings. The average Bonchev–Trinajstić information content (AvgIpc) is 2.97. The van der Waals surface area contributed by atoms with E-state index < -0.39 is 16.9 Å². The fourth-order valence-corrected chi connectivity index (χ4v) is 1.99. The van der Waals surface area contributed by atoms with E-state index in [-0.39, 0.29) is 23.6 Å². The summed E-state index contributed by atoms with van der Waals surface area (Å²) in [7, 11) is 2.36. The molecule has 0 unspecified atom stereocenters. The topological polar surface area (TPSA) is 114 Å². The minimum absolute atomic E-state index is 0.00829. The van der Waals surface area contributed by atoms with E-state index in [1.165, 1.54) is 37.1 Å². The minimum Gasteiger partial charge on any atom is -0.464 e. The van der Waals surface area contributed by atoms with E-state index in [4.69, 9.17) is 0 Å². The number of methoxy groups -OCH3 is 2. The molecule has 0 bridgehead atoms. The second-order valence-corrected chi connectivity index (χ2v) is 4.44. The van der Waals surface area contributed by atoms with Gasteiger partial charge in [-0.05, 0) is 0 Å². The second-order valence-electron chi connectivity index (χ2n) is 4.44. The van der Waals surface area contributed by atoms with Crippen molar-refractivity contribution in [2.24, 2.45) is 0 Å². The van der Waals surface area contributed by atoms with E-state index in [2.05, 4.69) is 14.6 Å². The van der Waals surface area contributed by atoms with E-state index in [1.54, 1.807) is 12.1 Å². The predicted octanol–water partition coefficient (Wildman–Crippen LogP) is 1.41. The van der Waals surface area contributed by atoms with Crippen LogP contribution >= 0.6 is 0 Å². The van der Waals surface area contributed by atoms with Gasteiger partial charge in [0.2, 0.25) is 0 Å². The first kappa shape index (κ1) is 16.1. The molecule has 0 amide bonds. The molecule has 0 radical (unpaired) electrons. The van der Waals surface area contributed by atoms with Gasteiger partial charge >= 0.3 is 11.9 Å². The zero-order chi connectivity index (χ0) is 17.0. The van der Waals surface area contributed by atoms with Crippen molar-refractivity contribution in [3.05, 3.63) is 57.4 Å². The Morgan fingerprint density at radius 3 is 2.48 bits per heavy atom. The molecular weight excluding hydrogens is 306 g/mol. The van der Waals surface area contributed by atoms with Crippen molar-refractivity contribution in [2.75, 3.05) is 14.2 Å². The van der Waals surface area contributed by atoms with Gasteiger partial charge in [0.25, 0.3) is 5.69 Å². The van der Waals surface area contributed by atoms with Crippen LogP contribution in [0.3, 0.4) is 0 Å². The van der Waals surface area contributed by atoms with Crippen molar-refractivity contribution in [3.63, 3.8) is 0 Å². The molecule has 0 fully saturated rings. The summed E-state index contributed by atoms with van der Waals surface area (Å²) < 4.78 is 10.4. The summed E-state index contributed by atoms with van der Waals surface area (Å²) in [6.07, 6.45) is 0.